The van der Waals surface area contributed by atoms with Crippen molar-refractivity contribution in [1.29, 1.82) is 0 Å². The molecule has 0 bridgehead atoms. The Kier molecular flexibility index (Phi) is 6.97. The standard InChI is InChI=1S/C20H22ClFN2O4S/c1-3-23(4-2)28-18(25)11-29-17-10-16(15(22)9-14(17)21)24-19(26)12-7-5-6-8-13(12)20(24)27/h9-10H,3-8,11H2,1-2H3. The molecule has 3 rings (SSSR count). The number of benzene rings is 1. The predicted octanol–water partition coefficient (Wildman–Crippen LogP) is 4.12. The SMILES string of the molecule is CCN(CC)OC(=O)CSc1cc(N2C(=O)C3=C(CCCC3)C2=O)c(F)cc1Cl. The van der Waals surface area contributed by atoms with Gasteiger partial charge in [-0.1, -0.05) is 11.6 Å². The van der Waals surface area contributed by atoms with Gasteiger partial charge >= 0.3 is 5.97 Å². The van der Waals surface area contributed by atoms with Crippen LogP contribution in [0.2, 0.25) is 5.02 Å². The fourth-order valence-electron chi connectivity index (χ4n) is 3.42. The third-order valence-electron chi connectivity index (χ3n) is 4.91. The number of halogens is 2. The van der Waals surface area contributed by atoms with E-state index in [9.17, 15) is 18.8 Å². The van der Waals surface area contributed by atoms with Crippen LogP contribution in [-0.2, 0) is 19.2 Å². The number of imide groups is 1. The summed E-state index contributed by atoms with van der Waals surface area (Å²) in [6.45, 7) is 4.85. The van der Waals surface area contributed by atoms with Crippen LogP contribution >= 0.6 is 23.4 Å². The summed E-state index contributed by atoms with van der Waals surface area (Å²) in [5.74, 6) is -2.21. The average Bonchev–Trinajstić information content (AvgIpc) is 2.96. The monoisotopic (exact) mass is 440 g/mol. The van der Waals surface area contributed by atoms with Crippen molar-refractivity contribution in [2.24, 2.45) is 0 Å². The number of nitrogens with zero attached hydrogens (tertiary/aromatic N) is 2. The van der Waals surface area contributed by atoms with E-state index in [-0.39, 0.29) is 16.5 Å². The lowest BCUT2D eigenvalue weighted by molar-refractivity contribution is -0.185. The van der Waals surface area contributed by atoms with E-state index in [2.05, 4.69) is 0 Å². The predicted molar refractivity (Wildman–Crippen MR) is 109 cm³/mol. The molecular formula is C20H22ClFN2O4S. The first-order valence-corrected chi connectivity index (χ1v) is 10.9. The summed E-state index contributed by atoms with van der Waals surface area (Å²) in [7, 11) is 0. The smallest absolute Gasteiger partial charge is 0.335 e. The summed E-state index contributed by atoms with van der Waals surface area (Å²) in [5.41, 5.74) is 0.818. The first-order valence-electron chi connectivity index (χ1n) is 9.55. The quantitative estimate of drug-likeness (QED) is 0.361. The van der Waals surface area contributed by atoms with Gasteiger partial charge in [0.25, 0.3) is 11.8 Å². The molecule has 1 aliphatic carbocycles. The maximum absolute atomic E-state index is 14.6. The van der Waals surface area contributed by atoms with Crippen LogP contribution in [0, 0.1) is 5.82 Å². The molecule has 9 heteroatoms. The van der Waals surface area contributed by atoms with Gasteiger partial charge in [0, 0.05) is 29.1 Å². The third kappa shape index (κ3) is 4.49. The second-order valence-electron chi connectivity index (χ2n) is 6.71. The lowest BCUT2D eigenvalue weighted by Gasteiger charge is -2.18. The van der Waals surface area contributed by atoms with Crippen LogP contribution in [0.25, 0.3) is 0 Å². The van der Waals surface area contributed by atoms with Gasteiger partial charge in [-0.3, -0.25) is 9.59 Å². The van der Waals surface area contributed by atoms with Gasteiger partial charge in [0.2, 0.25) is 0 Å². The molecule has 0 aromatic heterocycles. The zero-order valence-electron chi connectivity index (χ0n) is 16.3. The minimum atomic E-state index is -0.758. The second kappa shape index (κ2) is 9.28. The Morgan fingerprint density at radius 3 is 2.31 bits per heavy atom. The molecule has 1 aromatic carbocycles. The van der Waals surface area contributed by atoms with E-state index in [1.54, 1.807) is 0 Å². The topological polar surface area (TPSA) is 66.9 Å². The van der Waals surface area contributed by atoms with E-state index >= 15 is 0 Å². The molecule has 0 atom stereocenters. The fraction of sp³-hybridized carbons (Fsp3) is 0.450. The van der Waals surface area contributed by atoms with Crippen LogP contribution < -0.4 is 4.90 Å². The van der Waals surface area contributed by atoms with Crippen LogP contribution in [-0.4, -0.2) is 41.7 Å². The van der Waals surface area contributed by atoms with E-state index in [1.807, 2.05) is 13.8 Å². The zero-order chi connectivity index (χ0) is 21.1. The van der Waals surface area contributed by atoms with Crippen molar-refractivity contribution >= 4 is 46.8 Å². The number of carbonyl (C=O) groups excluding carboxylic acids is 3. The number of anilines is 1. The highest BCUT2D eigenvalue weighted by atomic mass is 35.5. The van der Waals surface area contributed by atoms with Gasteiger partial charge in [-0.05, 0) is 51.7 Å². The summed E-state index contributed by atoms with van der Waals surface area (Å²) < 4.78 is 14.6. The van der Waals surface area contributed by atoms with Gasteiger partial charge in [0.05, 0.1) is 16.5 Å². The molecule has 156 valence electrons. The average molecular weight is 441 g/mol. The van der Waals surface area contributed by atoms with Crippen molar-refractivity contribution in [1.82, 2.24) is 5.06 Å². The largest absolute Gasteiger partial charge is 0.367 e. The second-order valence-corrected chi connectivity index (χ2v) is 8.13. The van der Waals surface area contributed by atoms with Gasteiger partial charge in [0.1, 0.15) is 5.82 Å². The molecular weight excluding hydrogens is 419 g/mol. The van der Waals surface area contributed by atoms with Gasteiger partial charge in [0.15, 0.2) is 0 Å². The Morgan fingerprint density at radius 1 is 1.17 bits per heavy atom. The number of hydrogen-bond acceptors (Lipinski definition) is 6. The normalized spacial score (nSPS) is 16.7. The van der Waals surface area contributed by atoms with Crippen molar-refractivity contribution in [2.45, 2.75) is 44.4 Å². The molecule has 2 amide bonds. The van der Waals surface area contributed by atoms with Crippen molar-refractivity contribution in [2.75, 3.05) is 23.7 Å². The van der Waals surface area contributed by atoms with Crippen LogP contribution in [0.15, 0.2) is 28.2 Å². The Hall–Kier alpha value is -1.90. The van der Waals surface area contributed by atoms with E-state index < -0.39 is 23.6 Å². The highest BCUT2D eigenvalue weighted by Crippen LogP contribution is 2.39. The number of amides is 2. The molecule has 0 saturated carbocycles. The molecule has 0 spiro atoms. The van der Waals surface area contributed by atoms with Gasteiger partial charge < -0.3 is 4.84 Å². The lowest BCUT2D eigenvalue weighted by atomic mass is 9.93. The van der Waals surface area contributed by atoms with Crippen molar-refractivity contribution < 1.29 is 23.6 Å². The highest BCUT2D eigenvalue weighted by molar-refractivity contribution is 8.00. The van der Waals surface area contributed by atoms with E-state index in [0.717, 1.165) is 35.6 Å². The first kappa shape index (κ1) is 21.8. The molecule has 6 nitrogen and oxygen atoms in total. The summed E-state index contributed by atoms with van der Waals surface area (Å²) >= 11 is 7.19. The third-order valence-corrected chi connectivity index (χ3v) is 6.37. The number of thioether (sulfide) groups is 1. The number of hydrogen-bond donors (Lipinski definition) is 0. The molecule has 0 saturated heterocycles. The first-order chi connectivity index (χ1) is 13.9. The number of rotatable bonds is 7. The highest BCUT2D eigenvalue weighted by Gasteiger charge is 2.41. The van der Waals surface area contributed by atoms with E-state index in [1.165, 1.54) is 11.1 Å². The molecule has 0 N–H and O–H groups in total. The molecule has 1 heterocycles. The van der Waals surface area contributed by atoms with E-state index in [0.29, 0.717) is 42.0 Å². The maximum Gasteiger partial charge on any atom is 0.335 e. The number of carbonyl (C=O) groups is 3. The van der Waals surface area contributed by atoms with Crippen LogP contribution in [0.3, 0.4) is 0 Å². The van der Waals surface area contributed by atoms with Gasteiger partial charge in [-0.2, -0.15) is 0 Å². The molecule has 1 aromatic rings. The molecule has 2 aliphatic rings. The summed E-state index contributed by atoms with van der Waals surface area (Å²) in [5, 5.41) is 1.61. The zero-order valence-corrected chi connectivity index (χ0v) is 17.9. The minimum absolute atomic E-state index is 0.0437. The Balaban J connectivity index is 1.79. The summed E-state index contributed by atoms with van der Waals surface area (Å²) in [6.07, 6.45) is 2.74. The molecule has 29 heavy (non-hydrogen) atoms. The molecule has 0 unspecified atom stereocenters. The maximum atomic E-state index is 14.6. The fourth-order valence-corrected chi connectivity index (χ4v) is 4.45. The van der Waals surface area contributed by atoms with Crippen molar-refractivity contribution in [3.05, 3.63) is 34.1 Å². The summed E-state index contributed by atoms with van der Waals surface area (Å²) in [4.78, 5) is 43.9. The lowest BCUT2D eigenvalue weighted by Crippen LogP contribution is -2.32. The van der Waals surface area contributed by atoms with Crippen LogP contribution in [0.1, 0.15) is 39.5 Å². The molecule has 0 radical (unpaired) electrons. The number of hydroxylamine groups is 2. The van der Waals surface area contributed by atoms with Crippen LogP contribution in [0.5, 0.6) is 0 Å². The Bertz CT molecular complexity index is 857. The summed E-state index contributed by atoms with van der Waals surface area (Å²) in [6, 6.07) is 2.41. The molecule has 1 aliphatic heterocycles. The van der Waals surface area contributed by atoms with Gasteiger partial charge in [-0.25, -0.2) is 14.1 Å². The molecule has 0 fully saturated rings. The Labute approximate surface area is 178 Å². The Morgan fingerprint density at radius 2 is 1.76 bits per heavy atom. The van der Waals surface area contributed by atoms with Gasteiger partial charge in [-0.15, -0.1) is 16.8 Å². The van der Waals surface area contributed by atoms with E-state index in [4.69, 9.17) is 16.4 Å². The van der Waals surface area contributed by atoms with Crippen molar-refractivity contribution in [3.63, 3.8) is 0 Å². The minimum Gasteiger partial charge on any atom is -0.367 e. The van der Waals surface area contributed by atoms with Crippen LogP contribution in [0.4, 0.5) is 10.1 Å². The van der Waals surface area contributed by atoms with Crippen molar-refractivity contribution in [3.8, 4) is 0 Å².